The molecule has 0 radical (unpaired) electrons. The predicted octanol–water partition coefficient (Wildman–Crippen LogP) is 8.22. The number of alkyl halides is 1. The average Bonchev–Trinajstić information content (AvgIpc) is 2.78. The third-order valence-corrected chi connectivity index (χ3v) is 6.04. The topological polar surface area (TPSA) is 0 Å². The van der Waals surface area contributed by atoms with Gasteiger partial charge in [0.15, 0.2) is 0 Å². The molecule has 0 aliphatic carbocycles. The molecule has 0 unspecified atom stereocenters. The lowest BCUT2D eigenvalue weighted by Crippen LogP contribution is -1.92. The standard InChI is InChI=1S/C27H19Br/c28-18-21-10-3-5-13-23(21)26-17-16-20-9-2-6-14-24(20)27(26)25-15-7-11-19-8-1-4-12-22(19)25/h1-17H,18H2. The molecule has 134 valence electrons. The molecular formula is C27H19Br. The Balaban J connectivity index is 1.94. The fourth-order valence-electron chi connectivity index (χ4n) is 4.13. The first kappa shape index (κ1) is 17.2. The van der Waals surface area contributed by atoms with Crippen molar-refractivity contribution in [2.75, 3.05) is 0 Å². The largest absolute Gasteiger partial charge is 0.0876 e. The molecule has 0 nitrogen and oxygen atoms in total. The first-order valence-electron chi connectivity index (χ1n) is 9.51. The zero-order chi connectivity index (χ0) is 18.9. The molecule has 28 heavy (non-hydrogen) atoms. The zero-order valence-electron chi connectivity index (χ0n) is 15.4. The Bertz CT molecular complexity index is 1290. The average molecular weight is 423 g/mol. The number of rotatable bonds is 3. The van der Waals surface area contributed by atoms with E-state index in [-0.39, 0.29) is 0 Å². The summed E-state index contributed by atoms with van der Waals surface area (Å²) in [5, 5.41) is 5.96. The van der Waals surface area contributed by atoms with Crippen LogP contribution in [-0.4, -0.2) is 0 Å². The van der Waals surface area contributed by atoms with Crippen LogP contribution in [-0.2, 0) is 5.33 Å². The minimum absolute atomic E-state index is 0.838. The van der Waals surface area contributed by atoms with Crippen LogP contribution >= 0.6 is 15.9 Å². The van der Waals surface area contributed by atoms with Gasteiger partial charge in [0.05, 0.1) is 0 Å². The molecular weight excluding hydrogens is 404 g/mol. The van der Waals surface area contributed by atoms with Gasteiger partial charge in [0.25, 0.3) is 0 Å². The lowest BCUT2D eigenvalue weighted by Gasteiger charge is -2.17. The fourth-order valence-corrected chi connectivity index (χ4v) is 4.62. The van der Waals surface area contributed by atoms with Crippen LogP contribution in [0.25, 0.3) is 43.8 Å². The van der Waals surface area contributed by atoms with Crippen LogP contribution < -0.4 is 0 Å². The molecule has 0 atom stereocenters. The molecule has 0 heterocycles. The van der Waals surface area contributed by atoms with Crippen molar-refractivity contribution in [2.45, 2.75) is 5.33 Å². The van der Waals surface area contributed by atoms with E-state index in [2.05, 4.69) is 119 Å². The maximum absolute atomic E-state index is 3.68. The van der Waals surface area contributed by atoms with E-state index in [9.17, 15) is 0 Å². The van der Waals surface area contributed by atoms with E-state index in [0.29, 0.717) is 0 Å². The Morgan fingerprint density at radius 2 is 1.07 bits per heavy atom. The molecule has 0 spiro atoms. The van der Waals surface area contributed by atoms with Gasteiger partial charge in [-0.1, -0.05) is 119 Å². The van der Waals surface area contributed by atoms with Gasteiger partial charge >= 0.3 is 0 Å². The van der Waals surface area contributed by atoms with E-state index in [4.69, 9.17) is 0 Å². The van der Waals surface area contributed by atoms with Crippen molar-refractivity contribution in [1.82, 2.24) is 0 Å². The van der Waals surface area contributed by atoms with Gasteiger partial charge in [-0.05, 0) is 49.4 Å². The normalized spacial score (nSPS) is 11.2. The molecule has 0 fully saturated rings. The van der Waals surface area contributed by atoms with Crippen molar-refractivity contribution >= 4 is 37.5 Å². The fraction of sp³-hybridized carbons (Fsp3) is 0.0370. The molecule has 5 aromatic carbocycles. The lowest BCUT2D eigenvalue weighted by atomic mass is 9.86. The first-order chi connectivity index (χ1) is 13.9. The molecule has 0 aromatic heterocycles. The second-order valence-corrected chi connectivity index (χ2v) is 7.59. The zero-order valence-corrected chi connectivity index (χ0v) is 17.0. The van der Waals surface area contributed by atoms with Crippen molar-refractivity contribution in [3.63, 3.8) is 0 Å². The van der Waals surface area contributed by atoms with Gasteiger partial charge in [0.1, 0.15) is 0 Å². The highest BCUT2D eigenvalue weighted by molar-refractivity contribution is 9.08. The number of fused-ring (bicyclic) bond motifs is 2. The van der Waals surface area contributed by atoms with Crippen molar-refractivity contribution in [1.29, 1.82) is 0 Å². The number of hydrogen-bond donors (Lipinski definition) is 0. The van der Waals surface area contributed by atoms with Crippen LogP contribution in [0.2, 0.25) is 0 Å². The monoisotopic (exact) mass is 422 g/mol. The molecule has 0 amide bonds. The smallest absolute Gasteiger partial charge is 0.0289 e. The van der Waals surface area contributed by atoms with E-state index in [1.165, 1.54) is 49.4 Å². The van der Waals surface area contributed by atoms with Crippen LogP contribution in [0, 0.1) is 0 Å². The molecule has 0 saturated heterocycles. The Morgan fingerprint density at radius 3 is 1.89 bits per heavy atom. The Hall–Kier alpha value is -2.90. The summed E-state index contributed by atoms with van der Waals surface area (Å²) in [6, 6.07) is 37.1. The summed E-state index contributed by atoms with van der Waals surface area (Å²) in [6.07, 6.45) is 0. The Morgan fingerprint density at radius 1 is 0.464 bits per heavy atom. The van der Waals surface area contributed by atoms with Gasteiger partial charge in [-0.2, -0.15) is 0 Å². The quantitative estimate of drug-likeness (QED) is 0.257. The molecule has 0 N–H and O–H groups in total. The summed E-state index contributed by atoms with van der Waals surface area (Å²) in [6.45, 7) is 0. The lowest BCUT2D eigenvalue weighted by molar-refractivity contribution is 1.43. The molecule has 0 bridgehead atoms. The van der Waals surface area contributed by atoms with Crippen LogP contribution in [0.1, 0.15) is 5.56 Å². The maximum Gasteiger partial charge on any atom is 0.0289 e. The van der Waals surface area contributed by atoms with Crippen molar-refractivity contribution in [3.05, 3.63) is 109 Å². The summed E-state index contributed by atoms with van der Waals surface area (Å²) in [5.41, 5.74) is 6.47. The Labute approximate surface area is 173 Å². The molecule has 0 aliphatic rings. The van der Waals surface area contributed by atoms with E-state index in [1.54, 1.807) is 0 Å². The van der Waals surface area contributed by atoms with Crippen LogP contribution in [0.15, 0.2) is 103 Å². The van der Waals surface area contributed by atoms with E-state index < -0.39 is 0 Å². The summed E-state index contributed by atoms with van der Waals surface area (Å²) in [5.74, 6) is 0. The number of halogens is 1. The van der Waals surface area contributed by atoms with Gasteiger partial charge in [0, 0.05) is 5.33 Å². The van der Waals surface area contributed by atoms with Gasteiger partial charge in [-0.3, -0.25) is 0 Å². The van der Waals surface area contributed by atoms with Crippen LogP contribution in [0.5, 0.6) is 0 Å². The minimum Gasteiger partial charge on any atom is -0.0876 e. The molecule has 5 rings (SSSR count). The van der Waals surface area contributed by atoms with Gasteiger partial charge < -0.3 is 0 Å². The van der Waals surface area contributed by atoms with Crippen LogP contribution in [0.4, 0.5) is 0 Å². The van der Waals surface area contributed by atoms with E-state index >= 15 is 0 Å². The summed E-state index contributed by atoms with van der Waals surface area (Å²) >= 11 is 3.68. The first-order valence-corrected chi connectivity index (χ1v) is 10.6. The third kappa shape index (κ3) is 2.83. The van der Waals surface area contributed by atoms with E-state index in [0.717, 1.165) is 5.33 Å². The van der Waals surface area contributed by atoms with Gasteiger partial charge in [0.2, 0.25) is 0 Å². The number of hydrogen-bond acceptors (Lipinski definition) is 0. The van der Waals surface area contributed by atoms with Gasteiger partial charge in [-0.25, -0.2) is 0 Å². The molecule has 0 saturated carbocycles. The molecule has 0 aliphatic heterocycles. The SMILES string of the molecule is BrCc1ccccc1-c1ccc2ccccc2c1-c1cccc2ccccc12. The van der Waals surface area contributed by atoms with Crippen molar-refractivity contribution < 1.29 is 0 Å². The van der Waals surface area contributed by atoms with Gasteiger partial charge in [-0.15, -0.1) is 0 Å². The maximum atomic E-state index is 3.68. The Kier molecular flexibility index (Phi) is 4.46. The highest BCUT2D eigenvalue weighted by atomic mass is 79.9. The molecule has 1 heteroatoms. The van der Waals surface area contributed by atoms with Crippen molar-refractivity contribution in [2.24, 2.45) is 0 Å². The van der Waals surface area contributed by atoms with E-state index in [1.807, 2.05) is 0 Å². The minimum atomic E-state index is 0.838. The second kappa shape index (κ2) is 7.26. The predicted molar refractivity (Wildman–Crippen MR) is 125 cm³/mol. The molecule has 5 aromatic rings. The summed E-state index contributed by atoms with van der Waals surface area (Å²) in [7, 11) is 0. The second-order valence-electron chi connectivity index (χ2n) is 7.03. The van der Waals surface area contributed by atoms with Crippen LogP contribution in [0.3, 0.4) is 0 Å². The summed E-state index contributed by atoms with van der Waals surface area (Å²) < 4.78 is 0. The highest BCUT2D eigenvalue weighted by Crippen LogP contribution is 2.42. The summed E-state index contributed by atoms with van der Waals surface area (Å²) in [4.78, 5) is 0. The highest BCUT2D eigenvalue weighted by Gasteiger charge is 2.15. The third-order valence-electron chi connectivity index (χ3n) is 5.44. The number of benzene rings is 5. The van der Waals surface area contributed by atoms with Crippen molar-refractivity contribution in [3.8, 4) is 22.3 Å².